The molecule has 0 radical (unpaired) electrons. The first kappa shape index (κ1) is 12.2. The Balaban J connectivity index is 2.06. The molecule has 0 saturated heterocycles. The topological polar surface area (TPSA) is 64.9 Å². The van der Waals surface area contributed by atoms with Gasteiger partial charge in [-0.1, -0.05) is 16.8 Å². The zero-order valence-electron chi connectivity index (χ0n) is 10.1. The second-order valence-electron chi connectivity index (χ2n) is 4.13. The molecule has 0 fully saturated rings. The minimum Gasteiger partial charge on any atom is -0.399 e. The number of hydrogen-bond donors (Lipinski definition) is 1. The number of nitrogen functional groups attached to an aromatic ring is 1. The Morgan fingerprint density at radius 1 is 1.26 bits per heavy atom. The molecule has 3 rings (SSSR count). The van der Waals surface area contributed by atoms with E-state index in [1.165, 1.54) is 0 Å². The summed E-state index contributed by atoms with van der Waals surface area (Å²) in [5.41, 5.74) is 9.09. The van der Waals surface area contributed by atoms with Crippen LogP contribution in [-0.2, 0) is 0 Å². The Kier molecular flexibility index (Phi) is 3.00. The summed E-state index contributed by atoms with van der Waals surface area (Å²) in [6.45, 7) is 2.01. The molecule has 2 heterocycles. The first-order valence-corrected chi connectivity index (χ1v) is 6.89. The van der Waals surface area contributed by atoms with Gasteiger partial charge in [-0.3, -0.25) is 0 Å². The zero-order valence-corrected chi connectivity index (χ0v) is 11.6. The molecule has 0 bridgehead atoms. The van der Waals surface area contributed by atoms with Crippen LogP contribution in [0.15, 0.2) is 33.5 Å². The Bertz CT molecular complexity index is 735. The Hall–Kier alpha value is -1.85. The maximum atomic E-state index is 6.11. The maximum Gasteiger partial charge on any atom is 0.259 e. The third kappa shape index (κ3) is 2.22. The predicted octanol–water partition coefficient (Wildman–Crippen LogP) is 4.01. The van der Waals surface area contributed by atoms with Crippen LogP contribution in [-0.4, -0.2) is 10.1 Å². The van der Waals surface area contributed by atoms with Crippen molar-refractivity contribution >= 4 is 28.6 Å². The molecule has 0 amide bonds. The SMILES string of the molecule is Cc1cscc1-c1noc(-c2cc(N)ccc2Cl)n1. The van der Waals surface area contributed by atoms with E-state index in [9.17, 15) is 0 Å². The van der Waals surface area contributed by atoms with Crippen LogP contribution in [0, 0.1) is 6.92 Å². The van der Waals surface area contributed by atoms with Gasteiger partial charge in [-0.15, -0.1) is 0 Å². The average Bonchev–Trinajstić information content (AvgIpc) is 3.00. The molecule has 2 aromatic heterocycles. The molecule has 0 aliphatic heterocycles. The van der Waals surface area contributed by atoms with Crippen LogP contribution in [0.5, 0.6) is 0 Å². The number of hydrogen-bond acceptors (Lipinski definition) is 5. The molecular formula is C13H10ClN3OS. The van der Waals surface area contributed by atoms with Gasteiger partial charge in [-0.2, -0.15) is 16.3 Å². The van der Waals surface area contributed by atoms with E-state index < -0.39 is 0 Å². The lowest BCUT2D eigenvalue weighted by Gasteiger charge is -1.99. The van der Waals surface area contributed by atoms with Crippen LogP contribution in [0.3, 0.4) is 0 Å². The van der Waals surface area contributed by atoms with Gasteiger partial charge in [-0.25, -0.2) is 0 Å². The lowest BCUT2D eigenvalue weighted by atomic mass is 10.2. The third-order valence-electron chi connectivity index (χ3n) is 2.74. The number of aryl methyl sites for hydroxylation is 1. The Morgan fingerprint density at radius 3 is 2.84 bits per heavy atom. The van der Waals surface area contributed by atoms with Crippen molar-refractivity contribution in [1.29, 1.82) is 0 Å². The Morgan fingerprint density at radius 2 is 2.11 bits per heavy atom. The molecule has 2 N–H and O–H groups in total. The molecule has 96 valence electrons. The van der Waals surface area contributed by atoms with Crippen LogP contribution < -0.4 is 5.73 Å². The van der Waals surface area contributed by atoms with Gasteiger partial charge in [0.2, 0.25) is 5.82 Å². The first-order valence-electron chi connectivity index (χ1n) is 5.57. The summed E-state index contributed by atoms with van der Waals surface area (Å²) in [5, 5.41) is 8.55. The van der Waals surface area contributed by atoms with Crippen LogP contribution in [0.25, 0.3) is 22.8 Å². The molecule has 0 saturated carbocycles. The van der Waals surface area contributed by atoms with Gasteiger partial charge >= 0.3 is 0 Å². The molecule has 0 spiro atoms. The molecule has 0 aliphatic carbocycles. The second kappa shape index (κ2) is 4.68. The van der Waals surface area contributed by atoms with E-state index in [-0.39, 0.29) is 0 Å². The number of nitrogens with zero attached hydrogens (tertiary/aromatic N) is 2. The fraction of sp³-hybridized carbons (Fsp3) is 0.0769. The number of halogens is 1. The highest BCUT2D eigenvalue weighted by Gasteiger charge is 2.15. The van der Waals surface area contributed by atoms with Crippen molar-refractivity contribution in [3.63, 3.8) is 0 Å². The van der Waals surface area contributed by atoms with Crippen molar-refractivity contribution in [2.75, 3.05) is 5.73 Å². The van der Waals surface area contributed by atoms with Gasteiger partial charge in [0, 0.05) is 16.6 Å². The molecule has 4 nitrogen and oxygen atoms in total. The van der Waals surface area contributed by atoms with E-state index in [0.717, 1.165) is 11.1 Å². The zero-order chi connectivity index (χ0) is 13.4. The highest BCUT2D eigenvalue weighted by Crippen LogP contribution is 2.31. The van der Waals surface area contributed by atoms with E-state index in [4.69, 9.17) is 21.9 Å². The van der Waals surface area contributed by atoms with Gasteiger partial charge in [-0.05, 0) is 36.1 Å². The van der Waals surface area contributed by atoms with Crippen molar-refractivity contribution in [2.45, 2.75) is 6.92 Å². The van der Waals surface area contributed by atoms with Crippen molar-refractivity contribution < 1.29 is 4.52 Å². The summed E-state index contributed by atoms with van der Waals surface area (Å²) in [5.74, 6) is 0.935. The molecule has 19 heavy (non-hydrogen) atoms. The van der Waals surface area contributed by atoms with E-state index >= 15 is 0 Å². The monoisotopic (exact) mass is 291 g/mol. The fourth-order valence-corrected chi connectivity index (χ4v) is 2.76. The number of benzene rings is 1. The largest absolute Gasteiger partial charge is 0.399 e. The number of aromatic nitrogens is 2. The van der Waals surface area contributed by atoms with Crippen molar-refractivity contribution in [1.82, 2.24) is 10.1 Å². The summed E-state index contributed by atoms with van der Waals surface area (Å²) in [6.07, 6.45) is 0. The minimum absolute atomic E-state index is 0.373. The van der Waals surface area contributed by atoms with Gasteiger partial charge < -0.3 is 10.3 Å². The van der Waals surface area contributed by atoms with Crippen LogP contribution in [0.1, 0.15) is 5.56 Å². The molecule has 0 unspecified atom stereocenters. The summed E-state index contributed by atoms with van der Waals surface area (Å²) in [7, 11) is 0. The van der Waals surface area contributed by atoms with E-state index in [0.29, 0.717) is 28.0 Å². The highest BCUT2D eigenvalue weighted by molar-refractivity contribution is 7.08. The molecule has 3 aromatic rings. The highest BCUT2D eigenvalue weighted by atomic mass is 35.5. The minimum atomic E-state index is 0.373. The fourth-order valence-electron chi connectivity index (χ4n) is 1.74. The normalized spacial score (nSPS) is 10.8. The smallest absolute Gasteiger partial charge is 0.259 e. The number of thiophene rings is 1. The van der Waals surface area contributed by atoms with Crippen LogP contribution in [0.2, 0.25) is 5.02 Å². The lowest BCUT2D eigenvalue weighted by Crippen LogP contribution is -1.87. The van der Waals surface area contributed by atoms with Gasteiger partial charge in [0.15, 0.2) is 0 Å². The second-order valence-corrected chi connectivity index (χ2v) is 5.28. The third-order valence-corrected chi connectivity index (χ3v) is 3.93. The van der Waals surface area contributed by atoms with Crippen molar-refractivity contribution in [3.05, 3.63) is 39.5 Å². The van der Waals surface area contributed by atoms with E-state index in [1.807, 2.05) is 17.7 Å². The van der Waals surface area contributed by atoms with Crippen molar-refractivity contribution in [3.8, 4) is 22.8 Å². The predicted molar refractivity (Wildman–Crippen MR) is 77.2 cm³/mol. The average molecular weight is 292 g/mol. The quantitative estimate of drug-likeness (QED) is 0.725. The molecule has 6 heteroatoms. The lowest BCUT2D eigenvalue weighted by molar-refractivity contribution is 0.432. The first-order chi connectivity index (χ1) is 9.15. The summed E-state index contributed by atoms with van der Waals surface area (Å²) >= 11 is 7.72. The van der Waals surface area contributed by atoms with Gasteiger partial charge in [0.05, 0.1) is 10.6 Å². The van der Waals surface area contributed by atoms with Gasteiger partial charge in [0.25, 0.3) is 5.89 Å². The number of nitrogens with two attached hydrogens (primary N) is 1. The standard InChI is InChI=1S/C13H10ClN3OS/c1-7-5-19-6-10(7)12-16-13(18-17-12)9-4-8(15)2-3-11(9)14/h2-6H,15H2,1H3. The molecule has 0 aliphatic rings. The molecular weight excluding hydrogens is 282 g/mol. The van der Waals surface area contributed by atoms with E-state index in [1.54, 1.807) is 29.5 Å². The van der Waals surface area contributed by atoms with Crippen LogP contribution in [0.4, 0.5) is 5.69 Å². The van der Waals surface area contributed by atoms with Gasteiger partial charge in [0.1, 0.15) is 0 Å². The number of rotatable bonds is 2. The van der Waals surface area contributed by atoms with E-state index in [2.05, 4.69) is 10.1 Å². The van der Waals surface area contributed by atoms with Crippen molar-refractivity contribution in [2.24, 2.45) is 0 Å². The Labute approximate surface area is 118 Å². The summed E-state index contributed by atoms with van der Waals surface area (Å²) in [4.78, 5) is 4.37. The maximum absolute atomic E-state index is 6.11. The summed E-state index contributed by atoms with van der Waals surface area (Å²) < 4.78 is 5.27. The molecule has 0 atom stereocenters. The number of anilines is 1. The van der Waals surface area contributed by atoms with Crippen LogP contribution >= 0.6 is 22.9 Å². The molecule has 1 aromatic carbocycles. The summed E-state index contributed by atoms with van der Waals surface area (Å²) in [6, 6.07) is 5.16.